The van der Waals surface area contributed by atoms with Gasteiger partial charge < -0.3 is 9.53 Å². The van der Waals surface area contributed by atoms with Gasteiger partial charge in [0.15, 0.2) is 5.82 Å². The van der Waals surface area contributed by atoms with Gasteiger partial charge in [-0.1, -0.05) is 66.7 Å². The van der Waals surface area contributed by atoms with Crippen molar-refractivity contribution in [2.24, 2.45) is 0 Å². The lowest BCUT2D eigenvalue weighted by molar-refractivity contribution is -0.117. The number of nitrogens with zero attached hydrogens (tertiary/aromatic N) is 5. The van der Waals surface area contributed by atoms with Gasteiger partial charge in [-0.25, -0.2) is 4.98 Å². The summed E-state index contributed by atoms with van der Waals surface area (Å²) in [7, 11) is 1.73. The number of rotatable bonds is 12. The third-order valence-corrected chi connectivity index (χ3v) is 8.32. The predicted molar refractivity (Wildman–Crippen MR) is 167 cm³/mol. The Morgan fingerprint density at radius 3 is 2.45 bits per heavy atom. The van der Waals surface area contributed by atoms with Crippen molar-refractivity contribution in [3.8, 4) is 17.1 Å². The van der Waals surface area contributed by atoms with E-state index in [4.69, 9.17) is 9.84 Å². The molecule has 0 spiro atoms. The summed E-state index contributed by atoms with van der Waals surface area (Å²) in [4.78, 5) is 21.0. The highest BCUT2D eigenvalue weighted by molar-refractivity contribution is 5.75. The molecule has 3 aromatic carbocycles. The second-order valence-electron chi connectivity index (χ2n) is 11.6. The largest absolute Gasteiger partial charge is 0.497 e. The number of ether oxygens (including phenoxy) is 1. The molecule has 4 aromatic rings. The number of carbonyl (C=O) groups is 1. The minimum Gasteiger partial charge on any atom is -0.497 e. The molecule has 0 amide bonds. The van der Waals surface area contributed by atoms with Gasteiger partial charge in [-0.05, 0) is 62.4 Å². The highest BCUT2D eigenvalue weighted by atomic mass is 16.5. The van der Waals surface area contributed by atoms with E-state index in [0.717, 1.165) is 56.2 Å². The third kappa shape index (κ3) is 7.33. The van der Waals surface area contributed by atoms with Crippen molar-refractivity contribution in [3.05, 3.63) is 102 Å². The molecular weight excluding hydrogens is 522 g/mol. The smallest absolute Gasteiger partial charge is 0.181 e. The maximum Gasteiger partial charge on any atom is 0.181 e. The number of piperazine rings is 1. The molecular formula is C35H43N5O2. The lowest BCUT2D eigenvalue weighted by atomic mass is 9.92. The van der Waals surface area contributed by atoms with Crippen molar-refractivity contribution in [2.75, 3.05) is 20.2 Å². The van der Waals surface area contributed by atoms with Gasteiger partial charge in [0.25, 0.3) is 0 Å². The van der Waals surface area contributed by atoms with Gasteiger partial charge in [0, 0.05) is 50.2 Å². The molecule has 0 bridgehead atoms. The Morgan fingerprint density at radius 1 is 0.929 bits per heavy atom. The minimum absolute atomic E-state index is 0.0947. The summed E-state index contributed by atoms with van der Waals surface area (Å²) < 4.78 is 7.50. The number of methoxy groups -OCH3 is 1. The Morgan fingerprint density at radius 2 is 1.71 bits per heavy atom. The summed E-state index contributed by atoms with van der Waals surface area (Å²) in [6.45, 7) is 10.0. The molecule has 220 valence electrons. The number of unbranched alkanes of at least 4 members (excludes halogenated alkanes) is 1. The minimum atomic E-state index is 0.0947. The predicted octanol–water partition coefficient (Wildman–Crippen LogP) is 6.40. The number of aromatic nitrogens is 3. The van der Waals surface area contributed by atoms with E-state index in [1.54, 1.807) is 20.4 Å². The Kier molecular flexibility index (Phi) is 9.82. The van der Waals surface area contributed by atoms with E-state index >= 15 is 0 Å². The standard InChI is InChI=1S/C35H43N5O2/c1-26-23-40(27(2)22-38(26)24-29-12-6-5-7-13-29)34(32-14-10-15-33(21-32)42-4)30-16-18-31(19-17-30)35-36-25-39(37-35)20-9-8-11-28(3)41/h5-7,10,12-19,21,25-27,34H,8-9,11,20,22-24H2,1-4H3. The van der Waals surface area contributed by atoms with Crippen LogP contribution in [0.15, 0.2) is 85.2 Å². The molecule has 1 fully saturated rings. The summed E-state index contributed by atoms with van der Waals surface area (Å²) in [6.07, 6.45) is 4.20. The van der Waals surface area contributed by atoms with E-state index in [-0.39, 0.29) is 11.8 Å². The second-order valence-corrected chi connectivity index (χ2v) is 11.6. The quantitative estimate of drug-likeness (QED) is 0.185. The average Bonchev–Trinajstić information content (AvgIpc) is 3.48. The second kappa shape index (κ2) is 13.9. The summed E-state index contributed by atoms with van der Waals surface area (Å²) in [5, 5.41) is 4.70. The average molecular weight is 566 g/mol. The molecule has 2 heterocycles. The molecule has 0 N–H and O–H groups in total. The van der Waals surface area contributed by atoms with Crippen LogP contribution in [0, 0.1) is 0 Å². The van der Waals surface area contributed by atoms with Crippen LogP contribution in [-0.2, 0) is 17.9 Å². The first-order valence-corrected chi connectivity index (χ1v) is 15.1. The van der Waals surface area contributed by atoms with Crippen LogP contribution in [0.25, 0.3) is 11.4 Å². The highest BCUT2D eigenvalue weighted by Gasteiger charge is 2.35. The maximum atomic E-state index is 11.2. The van der Waals surface area contributed by atoms with Crippen LogP contribution in [0.1, 0.15) is 62.8 Å². The van der Waals surface area contributed by atoms with Crippen LogP contribution in [0.2, 0.25) is 0 Å². The number of hydrogen-bond donors (Lipinski definition) is 0. The van der Waals surface area contributed by atoms with Crippen molar-refractivity contribution < 1.29 is 9.53 Å². The summed E-state index contributed by atoms with van der Waals surface area (Å²) >= 11 is 0. The maximum absolute atomic E-state index is 11.2. The SMILES string of the molecule is COc1cccc(C(c2ccc(-c3ncn(CCCCC(C)=O)n3)cc2)N2CC(C)N(Cc3ccccc3)CC2C)c1. The molecule has 5 rings (SSSR count). The van der Waals surface area contributed by atoms with E-state index < -0.39 is 0 Å². The molecule has 0 radical (unpaired) electrons. The first-order valence-electron chi connectivity index (χ1n) is 15.1. The number of benzene rings is 3. The fraction of sp³-hybridized carbons (Fsp3) is 0.400. The molecule has 0 saturated carbocycles. The van der Waals surface area contributed by atoms with Crippen molar-refractivity contribution in [1.29, 1.82) is 0 Å². The Labute approximate surface area is 250 Å². The van der Waals surface area contributed by atoms with Gasteiger partial charge in [-0.15, -0.1) is 0 Å². The first-order chi connectivity index (χ1) is 20.4. The molecule has 1 aromatic heterocycles. The first kappa shape index (κ1) is 29.7. The zero-order chi connectivity index (χ0) is 29.5. The van der Waals surface area contributed by atoms with Gasteiger partial charge in [0.1, 0.15) is 17.9 Å². The fourth-order valence-corrected chi connectivity index (χ4v) is 6.01. The van der Waals surface area contributed by atoms with Gasteiger partial charge >= 0.3 is 0 Å². The number of hydrogen-bond acceptors (Lipinski definition) is 6. The Balaban J connectivity index is 1.36. The summed E-state index contributed by atoms with van der Waals surface area (Å²) in [6, 6.07) is 28.8. The Hall–Kier alpha value is -3.81. The normalized spacial score (nSPS) is 18.6. The van der Waals surface area contributed by atoms with E-state index in [1.807, 2.05) is 10.7 Å². The molecule has 3 atom stereocenters. The van der Waals surface area contributed by atoms with E-state index in [1.165, 1.54) is 16.7 Å². The molecule has 1 saturated heterocycles. The monoisotopic (exact) mass is 565 g/mol. The van der Waals surface area contributed by atoms with Crippen LogP contribution in [0.3, 0.4) is 0 Å². The lowest BCUT2D eigenvalue weighted by Crippen LogP contribution is -2.56. The van der Waals surface area contributed by atoms with Crippen LogP contribution in [0.4, 0.5) is 0 Å². The van der Waals surface area contributed by atoms with Crippen LogP contribution in [-0.4, -0.2) is 62.6 Å². The van der Waals surface area contributed by atoms with Crippen LogP contribution < -0.4 is 4.74 Å². The topological polar surface area (TPSA) is 63.5 Å². The number of Topliss-reactive ketones (excluding diaryl/α,β-unsaturated/α-hetero) is 1. The Bertz CT molecular complexity index is 1440. The molecule has 0 aliphatic carbocycles. The van der Waals surface area contributed by atoms with Gasteiger partial charge in [-0.3, -0.25) is 14.5 Å². The number of carbonyl (C=O) groups excluding carboxylic acids is 1. The van der Waals surface area contributed by atoms with Crippen LogP contribution >= 0.6 is 0 Å². The van der Waals surface area contributed by atoms with E-state index in [9.17, 15) is 4.79 Å². The van der Waals surface area contributed by atoms with Crippen LogP contribution in [0.5, 0.6) is 5.75 Å². The van der Waals surface area contributed by atoms with Crippen molar-refractivity contribution in [1.82, 2.24) is 24.6 Å². The van der Waals surface area contributed by atoms with E-state index in [0.29, 0.717) is 18.5 Å². The molecule has 1 aliphatic rings. The van der Waals surface area contributed by atoms with Gasteiger partial charge in [0.05, 0.1) is 13.2 Å². The van der Waals surface area contributed by atoms with Crippen molar-refractivity contribution >= 4 is 5.78 Å². The number of ketones is 1. The van der Waals surface area contributed by atoms with Gasteiger partial charge in [0.2, 0.25) is 0 Å². The number of aryl methyl sites for hydroxylation is 1. The molecule has 42 heavy (non-hydrogen) atoms. The van der Waals surface area contributed by atoms with Gasteiger partial charge in [-0.2, -0.15) is 5.10 Å². The van der Waals surface area contributed by atoms with E-state index in [2.05, 4.69) is 101 Å². The van der Waals surface area contributed by atoms with Crippen molar-refractivity contribution in [2.45, 2.75) is 71.2 Å². The fourth-order valence-electron chi connectivity index (χ4n) is 6.01. The summed E-state index contributed by atoms with van der Waals surface area (Å²) in [5.74, 6) is 1.83. The zero-order valence-electron chi connectivity index (χ0n) is 25.3. The summed E-state index contributed by atoms with van der Waals surface area (Å²) in [5.41, 5.74) is 4.83. The highest BCUT2D eigenvalue weighted by Crippen LogP contribution is 2.35. The zero-order valence-corrected chi connectivity index (χ0v) is 25.3. The molecule has 7 heteroatoms. The molecule has 7 nitrogen and oxygen atoms in total. The van der Waals surface area contributed by atoms with Crippen molar-refractivity contribution in [3.63, 3.8) is 0 Å². The third-order valence-electron chi connectivity index (χ3n) is 8.32. The molecule has 1 aliphatic heterocycles. The lowest BCUT2D eigenvalue weighted by Gasteiger charge is -2.47. The molecule has 3 unspecified atom stereocenters.